The highest BCUT2D eigenvalue weighted by molar-refractivity contribution is 9.10. The molecule has 0 saturated heterocycles. The molecule has 0 amide bonds. The molecule has 0 fully saturated rings. The first-order valence-corrected chi connectivity index (χ1v) is 23.4. The molecule has 0 radical (unpaired) electrons. The van der Waals surface area contributed by atoms with Crippen LogP contribution in [0.5, 0.6) is 0 Å². The fourth-order valence-electron chi connectivity index (χ4n) is 7.51. The minimum absolute atomic E-state index is 0.128. The first kappa shape index (κ1) is 49.7. The summed E-state index contributed by atoms with van der Waals surface area (Å²) < 4.78 is 2.23. The maximum atomic E-state index is 3.66. The molecule has 0 spiro atoms. The van der Waals surface area contributed by atoms with Crippen LogP contribution in [-0.2, 0) is 28.1 Å². The fourth-order valence-corrected chi connectivity index (χ4v) is 8.41. The summed E-state index contributed by atoms with van der Waals surface area (Å²) in [6, 6.07) is 44.3. The van der Waals surface area contributed by atoms with E-state index >= 15 is 0 Å². The highest BCUT2D eigenvalue weighted by Gasteiger charge is 2.23. The fraction of sp³-hybridized carbons (Fsp3) is 0.379. The minimum Gasteiger partial charge on any atom is -0.310 e. The molecule has 0 aliphatic heterocycles. The van der Waals surface area contributed by atoms with Gasteiger partial charge in [-0.2, -0.15) is 0 Å². The minimum atomic E-state index is 0.128. The highest BCUT2D eigenvalue weighted by atomic mass is 79.9. The van der Waals surface area contributed by atoms with E-state index in [1.165, 1.54) is 72.6 Å². The van der Waals surface area contributed by atoms with Crippen LogP contribution in [0.15, 0.2) is 130 Å². The van der Waals surface area contributed by atoms with Gasteiger partial charge in [0.25, 0.3) is 0 Å². The van der Waals surface area contributed by atoms with Gasteiger partial charge in [-0.1, -0.05) is 199 Å². The molecule has 0 bridgehead atoms. The van der Waals surface area contributed by atoms with E-state index in [-0.39, 0.29) is 21.7 Å². The van der Waals surface area contributed by atoms with Gasteiger partial charge >= 0.3 is 0 Å². The lowest BCUT2D eigenvalue weighted by Crippen LogP contribution is -2.17. The SMILES string of the molecule is Cc1cc(C(C)(C)C)cc(C)c1Cc1ccc(C(C)(C)C)cc1.Cc1cc(C(C)(C)C)cc(C)c1N(c1ccc(C(C)(C)C)cc1)c1cccc(Br)c1.Cc1cccc(Br)c1. The van der Waals surface area contributed by atoms with E-state index in [0.29, 0.717) is 0 Å². The molecule has 0 unspecified atom stereocenters. The number of hydrogen-bond acceptors (Lipinski definition) is 1. The number of rotatable bonds is 5. The van der Waals surface area contributed by atoms with E-state index in [4.69, 9.17) is 0 Å². The molecule has 61 heavy (non-hydrogen) atoms. The van der Waals surface area contributed by atoms with Crippen molar-refractivity contribution in [2.24, 2.45) is 0 Å². The molecule has 0 N–H and O–H groups in total. The molecule has 0 atom stereocenters. The van der Waals surface area contributed by atoms with Crippen LogP contribution in [0.2, 0.25) is 0 Å². The molecule has 3 heteroatoms. The summed E-state index contributed by atoms with van der Waals surface area (Å²) in [4.78, 5) is 2.38. The monoisotopic (exact) mass is 941 g/mol. The Labute approximate surface area is 388 Å². The maximum Gasteiger partial charge on any atom is 0.0520 e. The number of aryl methyl sites for hydroxylation is 5. The van der Waals surface area contributed by atoms with Crippen molar-refractivity contribution >= 4 is 48.9 Å². The number of anilines is 3. The molecule has 6 aromatic carbocycles. The lowest BCUT2D eigenvalue weighted by atomic mass is 9.82. The second kappa shape index (κ2) is 20.1. The summed E-state index contributed by atoms with van der Waals surface area (Å²) in [6.45, 7) is 38.3. The Balaban J connectivity index is 0.000000232. The van der Waals surface area contributed by atoms with E-state index in [1.807, 2.05) is 12.1 Å². The van der Waals surface area contributed by atoms with Crippen LogP contribution in [0.3, 0.4) is 0 Å². The predicted octanol–water partition coefficient (Wildman–Crippen LogP) is 18.4. The van der Waals surface area contributed by atoms with Gasteiger partial charge in [0.2, 0.25) is 0 Å². The van der Waals surface area contributed by atoms with Gasteiger partial charge < -0.3 is 4.90 Å². The van der Waals surface area contributed by atoms with E-state index in [9.17, 15) is 0 Å². The second-order valence-electron chi connectivity index (χ2n) is 21.1. The summed E-state index contributed by atoms with van der Waals surface area (Å²) in [5.41, 5.74) is 19.4. The largest absolute Gasteiger partial charge is 0.310 e. The average Bonchev–Trinajstić information content (AvgIpc) is 3.13. The molecular formula is C58H73Br2N. The topological polar surface area (TPSA) is 3.24 Å². The van der Waals surface area contributed by atoms with E-state index in [2.05, 4.69) is 264 Å². The van der Waals surface area contributed by atoms with Crippen LogP contribution in [0.1, 0.15) is 144 Å². The summed E-state index contributed by atoms with van der Waals surface area (Å²) in [5, 5.41) is 0. The van der Waals surface area contributed by atoms with Gasteiger partial charge in [-0.3, -0.25) is 0 Å². The van der Waals surface area contributed by atoms with Gasteiger partial charge in [-0.05, 0) is 161 Å². The van der Waals surface area contributed by atoms with Crippen LogP contribution in [0.25, 0.3) is 0 Å². The van der Waals surface area contributed by atoms with Crippen LogP contribution in [0, 0.1) is 34.6 Å². The lowest BCUT2D eigenvalue weighted by Gasteiger charge is -2.31. The molecule has 324 valence electrons. The van der Waals surface area contributed by atoms with Gasteiger partial charge in [0.15, 0.2) is 0 Å². The smallest absolute Gasteiger partial charge is 0.0520 e. The predicted molar refractivity (Wildman–Crippen MR) is 277 cm³/mol. The molecular weight excluding hydrogens is 870 g/mol. The summed E-state index contributed by atoms with van der Waals surface area (Å²) in [5.74, 6) is 0. The van der Waals surface area contributed by atoms with Crippen molar-refractivity contribution in [3.63, 3.8) is 0 Å². The van der Waals surface area contributed by atoms with Gasteiger partial charge in [-0.25, -0.2) is 0 Å². The van der Waals surface area contributed by atoms with Crippen molar-refractivity contribution in [1.82, 2.24) is 0 Å². The molecule has 6 aromatic rings. The molecule has 0 heterocycles. The Morgan fingerprint density at radius 2 is 0.787 bits per heavy atom. The molecule has 0 aromatic heterocycles. The number of benzene rings is 6. The van der Waals surface area contributed by atoms with E-state index in [1.54, 1.807) is 0 Å². The summed E-state index contributed by atoms with van der Waals surface area (Å²) in [6.07, 6.45) is 1.02. The normalized spacial score (nSPS) is 11.9. The zero-order chi connectivity index (χ0) is 45.7. The third-order valence-corrected chi connectivity index (χ3v) is 12.4. The Kier molecular flexibility index (Phi) is 16.4. The van der Waals surface area contributed by atoms with E-state index < -0.39 is 0 Å². The Morgan fingerprint density at radius 3 is 1.16 bits per heavy atom. The molecule has 1 nitrogen and oxygen atoms in total. The van der Waals surface area contributed by atoms with Gasteiger partial charge in [-0.15, -0.1) is 0 Å². The Bertz CT molecular complexity index is 2310. The molecule has 0 aliphatic carbocycles. The van der Waals surface area contributed by atoms with Crippen molar-refractivity contribution in [2.75, 3.05) is 4.90 Å². The zero-order valence-corrected chi connectivity index (χ0v) is 43.6. The highest BCUT2D eigenvalue weighted by Crippen LogP contribution is 2.42. The van der Waals surface area contributed by atoms with E-state index in [0.717, 1.165) is 21.1 Å². The average molecular weight is 944 g/mol. The molecule has 0 saturated carbocycles. The van der Waals surface area contributed by atoms with Crippen molar-refractivity contribution in [2.45, 2.75) is 146 Å². The maximum absolute atomic E-state index is 3.66. The van der Waals surface area contributed by atoms with Crippen molar-refractivity contribution < 1.29 is 0 Å². The van der Waals surface area contributed by atoms with Crippen LogP contribution < -0.4 is 4.90 Å². The van der Waals surface area contributed by atoms with Gasteiger partial charge in [0, 0.05) is 20.3 Å². The van der Waals surface area contributed by atoms with Crippen LogP contribution >= 0.6 is 31.9 Å². The Morgan fingerprint density at radius 1 is 0.393 bits per heavy atom. The summed E-state index contributed by atoms with van der Waals surface area (Å²) in [7, 11) is 0. The number of nitrogens with zero attached hydrogens (tertiary/aromatic N) is 1. The second-order valence-corrected chi connectivity index (χ2v) is 22.9. The third-order valence-electron chi connectivity index (χ3n) is 11.4. The summed E-state index contributed by atoms with van der Waals surface area (Å²) >= 11 is 7.02. The van der Waals surface area contributed by atoms with Gasteiger partial charge in [0.05, 0.1) is 5.69 Å². The van der Waals surface area contributed by atoms with Gasteiger partial charge in [0.1, 0.15) is 0 Å². The van der Waals surface area contributed by atoms with Crippen LogP contribution in [0.4, 0.5) is 17.1 Å². The zero-order valence-electron chi connectivity index (χ0n) is 40.5. The van der Waals surface area contributed by atoms with Crippen LogP contribution in [-0.4, -0.2) is 0 Å². The standard InChI is InChI=1S/C28H34BrN.C23H32.C7H7Br/c1-19-16-22(28(6,7)8)17-20(2)26(19)30(25-11-9-10-23(29)18-25)24-14-12-21(13-15-24)27(3,4)5;1-16-13-20(23(6,7)8)14-17(2)21(16)15-18-9-11-19(12-10-18)22(3,4)5;1-6-3-2-4-7(8)5-6/h9-18H,1-8H3;9-14H,15H2,1-8H3;2-5H,1H3. The molecule has 0 aliphatic rings. The first-order chi connectivity index (χ1) is 28.1. The molecule has 6 rings (SSSR count). The lowest BCUT2D eigenvalue weighted by molar-refractivity contribution is 0.588. The first-order valence-electron chi connectivity index (χ1n) is 21.9. The number of hydrogen-bond donors (Lipinski definition) is 0. The third kappa shape index (κ3) is 14.0. The van der Waals surface area contributed by atoms with Crippen molar-refractivity contribution in [3.8, 4) is 0 Å². The van der Waals surface area contributed by atoms with Crippen molar-refractivity contribution in [1.29, 1.82) is 0 Å². The Hall–Kier alpha value is -3.92. The van der Waals surface area contributed by atoms with Crippen molar-refractivity contribution in [3.05, 3.63) is 191 Å². The quantitative estimate of drug-likeness (QED) is 0.166. The number of halogens is 2.